The monoisotopic (exact) mass is 340 g/mol. The van der Waals surface area contributed by atoms with Crippen LogP contribution in [0.15, 0.2) is 24.3 Å². The first-order valence-corrected chi connectivity index (χ1v) is 8.23. The molecule has 1 aromatic carbocycles. The molecule has 0 bridgehead atoms. The molecule has 1 aromatic rings. The number of carbonyl (C=O) groups is 1. The zero-order chi connectivity index (χ0) is 16.1. The van der Waals surface area contributed by atoms with Gasteiger partial charge in [0.1, 0.15) is 5.75 Å². The van der Waals surface area contributed by atoms with Gasteiger partial charge in [-0.2, -0.15) is 0 Å². The first-order valence-electron chi connectivity index (χ1n) is 8.23. The van der Waals surface area contributed by atoms with Gasteiger partial charge >= 0.3 is 0 Å². The molecule has 5 heteroatoms. The second kappa shape index (κ2) is 9.14. The van der Waals surface area contributed by atoms with Gasteiger partial charge in [-0.05, 0) is 49.3 Å². The fourth-order valence-corrected chi connectivity index (χ4v) is 2.86. The zero-order valence-electron chi connectivity index (χ0n) is 14.3. The van der Waals surface area contributed by atoms with Crippen molar-refractivity contribution in [3.63, 3.8) is 0 Å². The largest absolute Gasteiger partial charge is 0.484 e. The second-order valence-corrected chi connectivity index (χ2v) is 6.59. The van der Waals surface area contributed by atoms with Crippen molar-refractivity contribution < 1.29 is 9.53 Å². The van der Waals surface area contributed by atoms with Crippen LogP contribution in [0.5, 0.6) is 5.75 Å². The maximum atomic E-state index is 12.2. The molecule has 130 valence electrons. The average Bonchev–Trinajstić information content (AvgIpc) is 2.53. The van der Waals surface area contributed by atoms with Crippen LogP contribution in [0.25, 0.3) is 0 Å². The predicted octanol–water partition coefficient (Wildman–Crippen LogP) is 3.20. The minimum absolute atomic E-state index is 0. The number of likely N-dealkylation sites (tertiary alicyclic amines) is 1. The molecule has 1 aliphatic rings. The summed E-state index contributed by atoms with van der Waals surface area (Å²) in [4.78, 5) is 14.1. The Morgan fingerprint density at radius 2 is 1.78 bits per heavy atom. The van der Waals surface area contributed by atoms with Crippen molar-refractivity contribution >= 4 is 18.3 Å². The van der Waals surface area contributed by atoms with E-state index < -0.39 is 0 Å². The number of nitrogens with two attached hydrogens (primary N) is 1. The summed E-state index contributed by atoms with van der Waals surface area (Å²) >= 11 is 0. The Morgan fingerprint density at radius 1 is 1.22 bits per heavy atom. The van der Waals surface area contributed by atoms with Crippen LogP contribution in [0, 0.1) is 5.92 Å². The predicted molar refractivity (Wildman–Crippen MR) is 96.2 cm³/mol. The molecule has 1 heterocycles. The van der Waals surface area contributed by atoms with E-state index in [1.165, 1.54) is 5.56 Å². The van der Waals surface area contributed by atoms with Gasteiger partial charge in [0, 0.05) is 19.1 Å². The molecule has 1 fully saturated rings. The van der Waals surface area contributed by atoms with E-state index in [9.17, 15) is 4.79 Å². The number of rotatable bonds is 5. The van der Waals surface area contributed by atoms with Gasteiger partial charge in [0.25, 0.3) is 5.91 Å². The molecule has 1 unspecified atom stereocenters. The number of hydrogen-bond acceptors (Lipinski definition) is 3. The highest BCUT2D eigenvalue weighted by Crippen LogP contribution is 2.21. The SMILES string of the molecule is CC(C)c1ccc(OCC(=O)N2CCC(C(C)N)CC2)cc1.Cl. The van der Waals surface area contributed by atoms with Gasteiger partial charge in [-0.3, -0.25) is 4.79 Å². The Hall–Kier alpha value is -1.26. The molecular weight excluding hydrogens is 312 g/mol. The van der Waals surface area contributed by atoms with E-state index >= 15 is 0 Å². The normalized spacial score (nSPS) is 16.8. The van der Waals surface area contributed by atoms with Crippen LogP contribution >= 0.6 is 12.4 Å². The molecule has 0 spiro atoms. The van der Waals surface area contributed by atoms with E-state index in [4.69, 9.17) is 10.5 Å². The minimum Gasteiger partial charge on any atom is -0.484 e. The van der Waals surface area contributed by atoms with E-state index in [1.807, 2.05) is 24.0 Å². The molecule has 0 aliphatic carbocycles. The lowest BCUT2D eigenvalue weighted by molar-refractivity contribution is -0.134. The number of amides is 1. The molecule has 0 saturated carbocycles. The van der Waals surface area contributed by atoms with E-state index in [1.54, 1.807) is 0 Å². The molecule has 1 saturated heterocycles. The Morgan fingerprint density at radius 3 is 2.26 bits per heavy atom. The summed E-state index contributed by atoms with van der Waals surface area (Å²) in [6.45, 7) is 8.06. The van der Waals surface area contributed by atoms with Gasteiger partial charge in [0.15, 0.2) is 6.61 Å². The smallest absolute Gasteiger partial charge is 0.260 e. The van der Waals surface area contributed by atoms with E-state index in [-0.39, 0.29) is 31.0 Å². The Kier molecular flexibility index (Phi) is 7.86. The summed E-state index contributed by atoms with van der Waals surface area (Å²) in [5, 5.41) is 0. The molecule has 0 aromatic heterocycles. The first-order chi connectivity index (χ1) is 10.5. The highest BCUT2D eigenvalue weighted by atomic mass is 35.5. The van der Waals surface area contributed by atoms with Crippen molar-refractivity contribution in [3.8, 4) is 5.75 Å². The van der Waals surface area contributed by atoms with E-state index in [0.717, 1.165) is 31.7 Å². The van der Waals surface area contributed by atoms with Crippen LogP contribution in [0.2, 0.25) is 0 Å². The maximum Gasteiger partial charge on any atom is 0.260 e. The number of carbonyl (C=O) groups excluding carboxylic acids is 1. The van der Waals surface area contributed by atoms with Gasteiger partial charge in [-0.25, -0.2) is 0 Å². The van der Waals surface area contributed by atoms with Crippen LogP contribution in [0.3, 0.4) is 0 Å². The lowest BCUT2D eigenvalue weighted by atomic mass is 9.91. The maximum absolute atomic E-state index is 12.2. The third-order valence-corrected chi connectivity index (χ3v) is 4.54. The summed E-state index contributed by atoms with van der Waals surface area (Å²) < 4.78 is 5.61. The van der Waals surface area contributed by atoms with Gasteiger partial charge < -0.3 is 15.4 Å². The molecule has 0 radical (unpaired) electrons. The quantitative estimate of drug-likeness (QED) is 0.895. The third kappa shape index (κ3) is 5.70. The molecule has 23 heavy (non-hydrogen) atoms. The molecule has 4 nitrogen and oxygen atoms in total. The van der Waals surface area contributed by atoms with Gasteiger partial charge in [-0.15, -0.1) is 12.4 Å². The zero-order valence-corrected chi connectivity index (χ0v) is 15.1. The molecular formula is C18H29ClN2O2. The number of piperidine rings is 1. The summed E-state index contributed by atoms with van der Waals surface area (Å²) in [6, 6.07) is 8.19. The summed E-state index contributed by atoms with van der Waals surface area (Å²) in [7, 11) is 0. The standard InChI is InChI=1S/C18H28N2O2.ClH/c1-13(2)15-4-6-17(7-5-15)22-12-18(21)20-10-8-16(9-11-20)14(3)19;/h4-7,13-14,16H,8-12,19H2,1-3H3;1H. The number of benzene rings is 1. The minimum atomic E-state index is 0. The number of nitrogens with zero attached hydrogens (tertiary/aromatic N) is 1. The molecule has 2 rings (SSSR count). The highest BCUT2D eigenvalue weighted by molar-refractivity contribution is 5.85. The van der Waals surface area contributed by atoms with Gasteiger partial charge in [0.05, 0.1) is 0 Å². The number of halogens is 1. The van der Waals surface area contributed by atoms with Crippen LogP contribution in [-0.2, 0) is 4.79 Å². The topological polar surface area (TPSA) is 55.6 Å². The molecule has 1 aliphatic heterocycles. The fourth-order valence-electron chi connectivity index (χ4n) is 2.86. The first kappa shape index (κ1) is 19.8. The number of ether oxygens (including phenoxy) is 1. The van der Waals surface area contributed by atoms with Crippen molar-refractivity contribution in [1.29, 1.82) is 0 Å². The molecule has 1 amide bonds. The Balaban J connectivity index is 0.00000264. The van der Waals surface area contributed by atoms with Crippen molar-refractivity contribution in [2.75, 3.05) is 19.7 Å². The van der Waals surface area contributed by atoms with Gasteiger partial charge in [0.2, 0.25) is 0 Å². The van der Waals surface area contributed by atoms with E-state index in [2.05, 4.69) is 26.0 Å². The van der Waals surface area contributed by atoms with Crippen LogP contribution in [0.4, 0.5) is 0 Å². The summed E-state index contributed by atoms with van der Waals surface area (Å²) in [6.07, 6.45) is 1.99. The summed E-state index contributed by atoms with van der Waals surface area (Å²) in [5.41, 5.74) is 7.20. The third-order valence-electron chi connectivity index (χ3n) is 4.54. The van der Waals surface area contributed by atoms with Crippen molar-refractivity contribution in [3.05, 3.63) is 29.8 Å². The second-order valence-electron chi connectivity index (χ2n) is 6.59. The van der Waals surface area contributed by atoms with E-state index in [0.29, 0.717) is 11.8 Å². The Labute approximate surface area is 145 Å². The lowest BCUT2D eigenvalue weighted by Gasteiger charge is -2.33. The van der Waals surface area contributed by atoms with Crippen LogP contribution in [0.1, 0.15) is 45.1 Å². The molecule has 2 N–H and O–H groups in total. The fraction of sp³-hybridized carbons (Fsp3) is 0.611. The Bertz CT molecular complexity index is 480. The van der Waals surface area contributed by atoms with Gasteiger partial charge in [-0.1, -0.05) is 26.0 Å². The van der Waals surface area contributed by atoms with Crippen molar-refractivity contribution in [2.24, 2.45) is 11.7 Å². The van der Waals surface area contributed by atoms with Crippen LogP contribution in [-0.4, -0.2) is 36.5 Å². The summed E-state index contributed by atoms with van der Waals surface area (Å²) in [5.74, 6) is 1.86. The van der Waals surface area contributed by atoms with Crippen molar-refractivity contribution in [2.45, 2.75) is 45.6 Å². The number of hydrogen-bond donors (Lipinski definition) is 1. The van der Waals surface area contributed by atoms with Crippen molar-refractivity contribution in [1.82, 2.24) is 4.90 Å². The highest BCUT2D eigenvalue weighted by Gasteiger charge is 2.24. The molecule has 1 atom stereocenters. The van der Waals surface area contributed by atoms with Crippen LogP contribution < -0.4 is 10.5 Å². The average molecular weight is 341 g/mol. The lowest BCUT2D eigenvalue weighted by Crippen LogP contribution is -2.44.